The standard InChI is InChI=1S/C25H24N4O4/c1-17-26-22(16-23(27-17)32-19-8-4-3-5-9-19)28-11-13-29(14-12-28)25(30)21-15-18-7-6-10-20(31-2)24(18)33-21/h3-10,15-16H,11-14H2,1-2H3. The molecule has 0 radical (unpaired) electrons. The molecule has 33 heavy (non-hydrogen) atoms. The highest BCUT2D eigenvalue weighted by atomic mass is 16.5. The number of anilines is 1. The van der Waals surface area contributed by atoms with Gasteiger partial charge in [0, 0.05) is 37.6 Å². The molecule has 4 aromatic rings. The number of fused-ring (bicyclic) bond motifs is 1. The number of rotatable bonds is 5. The quantitative estimate of drug-likeness (QED) is 0.454. The number of furan rings is 1. The van der Waals surface area contributed by atoms with Gasteiger partial charge in [0.05, 0.1) is 7.11 Å². The van der Waals surface area contributed by atoms with Crippen molar-refractivity contribution in [2.45, 2.75) is 6.92 Å². The third kappa shape index (κ3) is 4.32. The van der Waals surface area contributed by atoms with Crippen molar-refractivity contribution < 1.29 is 18.7 Å². The first-order valence-corrected chi connectivity index (χ1v) is 10.8. The molecule has 2 aromatic carbocycles. The molecule has 1 fully saturated rings. The van der Waals surface area contributed by atoms with E-state index in [1.165, 1.54) is 0 Å². The van der Waals surface area contributed by atoms with E-state index in [1.54, 1.807) is 18.1 Å². The second-order valence-corrected chi connectivity index (χ2v) is 7.80. The molecule has 1 aliphatic rings. The van der Waals surface area contributed by atoms with Gasteiger partial charge in [-0.15, -0.1) is 0 Å². The summed E-state index contributed by atoms with van der Waals surface area (Å²) in [4.78, 5) is 26.0. The van der Waals surface area contributed by atoms with Crippen LogP contribution in [0.1, 0.15) is 16.4 Å². The van der Waals surface area contributed by atoms with E-state index in [2.05, 4.69) is 14.9 Å². The first-order chi connectivity index (χ1) is 16.1. The van der Waals surface area contributed by atoms with Crippen LogP contribution in [0.5, 0.6) is 17.4 Å². The molecule has 1 amide bonds. The molecular formula is C25H24N4O4. The lowest BCUT2D eigenvalue weighted by atomic mass is 10.2. The van der Waals surface area contributed by atoms with Gasteiger partial charge in [-0.05, 0) is 31.2 Å². The molecule has 1 aliphatic heterocycles. The Labute approximate surface area is 191 Å². The summed E-state index contributed by atoms with van der Waals surface area (Å²) in [7, 11) is 1.59. The van der Waals surface area contributed by atoms with E-state index in [9.17, 15) is 4.79 Å². The summed E-state index contributed by atoms with van der Waals surface area (Å²) in [6.45, 7) is 4.26. The van der Waals surface area contributed by atoms with Gasteiger partial charge in [-0.25, -0.2) is 4.98 Å². The molecule has 0 unspecified atom stereocenters. The van der Waals surface area contributed by atoms with Gasteiger partial charge in [0.2, 0.25) is 5.88 Å². The van der Waals surface area contributed by atoms with Crippen LogP contribution < -0.4 is 14.4 Å². The third-order valence-corrected chi connectivity index (χ3v) is 5.60. The number of nitrogens with zero attached hydrogens (tertiary/aromatic N) is 4. The first kappa shape index (κ1) is 20.8. The van der Waals surface area contributed by atoms with Crippen molar-refractivity contribution in [2.75, 3.05) is 38.2 Å². The minimum absolute atomic E-state index is 0.125. The average molecular weight is 444 g/mol. The van der Waals surface area contributed by atoms with Crippen LogP contribution in [-0.4, -0.2) is 54.1 Å². The summed E-state index contributed by atoms with van der Waals surface area (Å²) in [6, 6.07) is 18.7. The highest BCUT2D eigenvalue weighted by molar-refractivity contribution is 5.97. The Morgan fingerprint density at radius 1 is 0.970 bits per heavy atom. The fraction of sp³-hybridized carbons (Fsp3) is 0.240. The summed E-state index contributed by atoms with van der Waals surface area (Å²) >= 11 is 0. The lowest BCUT2D eigenvalue weighted by Gasteiger charge is -2.35. The van der Waals surface area contributed by atoms with Gasteiger partial charge >= 0.3 is 0 Å². The van der Waals surface area contributed by atoms with Gasteiger partial charge in [0.25, 0.3) is 5.91 Å². The molecule has 0 saturated carbocycles. The van der Waals surface area contributed by atoms with E-state index in [-0.39, 0.29) is 5.91 Å². The number of amides is 1. The number of ether oxygens (including phenoxy) is 2. The number of hydrogen-bond donors (Lipinski definition) is 0. The molecule has 1 saturated heterocycles. The third-order valence-electron chi connectivity index (χ3n) is 5.60. The fourth-order valence-corrected chi connectivity index (χ4v) is 3.95. The fourth-order valence-electron chi connectivity index (χ4n) is 3.95. The van der Waals surface area contributed by atoms with Crippen LogP contribution in [0.4, 0.5) is 5.82 Å². The zero-order valence-corrected chi connectivity index (χ0v) is 18.5. The number of hydrogen-bond acceptors (Lipinski definition) is 7. The lowest BCUT2D eigenvalue weighted by Crippen LogP contribution is -2.49. The van der Waals surface area contributed by atoms with Crippen LogP contribution >= 0.6 is 0 Å². The molecule has 0 aliphatic carbocycles. The second-order valence-electron chi connectivity index (χ2n) is 7.80. The Morgan fingerprint density at radius 3 is 2.52 bits per heavy atom. The Hall–Kier alpha value is -4.07. The van der Waals surface area contributed by atoms with Gasteiger partial charge in [-0.3, -0.25) is 4.79 Å². The molecule has 0 N–H and O–H groups in total. The smallest absolute Gasteiger partial charge is 0.289 e. The maximum Gasteiger partial charge on any atom is 0.289 e. The Balaban J connectivity index is 1.28. The SMILES string of the molecule is COc1cccc2cc(C(=O)N3CCN(c4cc(Oc5ccccc5)nc(C)n4)CC3)oc12. The molecule has 8 nitrogen and oxygen atoms in total. The Bertz CT molecular complexity index is 1280. The van der Waals surface area contributed by atoms with E-state index in [0.717, 1.165) is 17.0 Å². The molecule has 5 rings (SSSR count). The predicted molar refractivity (Wildman–Crippen MR) is 124 cm³/mol. The summed E-state index contributed by atoms with van der Waals surface area (Å²) in [5.74, 6) is 3.45. The van der Waals surface area contributed by atoms with E-state index in [0.29, 0.717) is 55.0 Å². The minimum Gasteiger partial charge on any atom is -0.493 e. The topological polar surface area (TPSA) is 80.9 Å². The van der Waals surface area contributed by atoms with Gasteiger partial charge in [0.15, 0.2) is 17.1 Å². The molecule has 0 spiro atoms. The largest absolute Gasteiger partial charge is 0.493 e. The van der Waals surface area contributed by atoms with Crippen molar-refractivity contribution >= 4 is 22.7 Å². The predicted octanol–water partition coefficient (Wildman–Crippen LogP) is 4.29. The zero-order valence-electron chi connectivity index (χ0n) is 18.5. The number of aromatic nitrogens is 2. The minimum atomic E-state index is -0.125. The lowest BCUT2D eigenvalue weighted by molar-refractivity contribution is 0.0716. The van der Waals surface area contributed by atoms with Crippen LogP contribution in [0.15, 0.2) is 65.1 Å². The molecule has 8 heteroatoms. The zero-order chi connectivity index (χ0) is 22.8. The van der Waals surface area contributed by atoms with Gasteiger partial charge in [0.1, 0.15) is 17.4 Å². The summed E-state index contributed by atoms with van der Waals surface area (Å²) in [5.41, 5.74) is 0.587. The van der Waals surface area contributed by atoms with Crippen molar-refractivity contribution in [3.05, 3.63) is 72.2 Å². The first-order valence-electron chi connectivity index (χ1n) is 10.8. The van der Waals surface area contributed by atoms with Gasteiger partial charge in [-0.2, -0.15) is 4.98 Å². The number of para-hydroxylation sites is 2. The number of carbonyl (C=O) groups excluding carboxylic acids is 1. The maximum atomic E-state index is 13.1. The van der Waals surface area contributed by atoms with E-state index in [4.69, 9.17) is 13.9 Å². The number of piperazine rings is 1. The Kier molecular flexibility index (Phi) is 5.56. The van der Waals surface area contributed by atoms with Gasteiger partial charge in [-0.1, -0.05) is 30.3 Å². The second kappa shape index (κ2) is 8.82. The summed E-state index contributed by atoms with van der Waals surface area (Å²) < 4.78 is 17.1. The van der Waals surface area contributed by atoms with Crippen molar-refractivity contribution in [1.29, 1.82) is 0 Å². The number of carbonyl (C=O) groups is 1. The molecule has 0 bridgehead atoms. The van der Waals surface area contributed by atoms with Crippen molar-refractivity contribution in [1.82, 2.24) is 14.9 Å². The number of benzene rings is 2. The van der Waals surface area contributed by atoms with Crippen molar-refractivity contribution in [2.24, 2.45) is 0 Å². The van der Waals surface area contributed by atoms with Crippen molar-refractivity contribution in [3.63, 3.8) is 0 Å². The van der Waals surface area contributed by atoms with Crippen LogP contribution in [0.3, 0.4) is 0 Å². The van der Waals surface area contributed by atoms with Crippen LogP contribution in [0.25, 0.3) is 11.0 Å². The molecular weight excluding hydrogens is 420 g/mol. The molecule has 2 aromatic heterocycles. The number of methoxy groups -OCH3 is 1. The highest BCUT2D eigenvalue weighted by Gasteiger charge is 2.26. The van der Waals surface area contributed by atoms with Gasteiger partial charge < -0.3 is 23.7 Å². The normalized spacial score (nSPS) is 13.9. The van der Waals surface area contributed by atoms with Crippen LogP contribution in [0.2, 0.25) is 0 Å². The molecule has 168 valence electrons. The van der Waals surface area contributed by atoms with E-state index in [1.807, 2.05) is 61.5 Å². The average Bonchev–Trinajstić information content (AvgIpc) is 3.28. The van der Waals surface area contributed by atoms with Crippen LogP contribution in [0, 0.1) is 6.92 Å². The highest BCUT2D eigenvalue weighted by Crippen LogP contribution is 2.29. The maximum absolute atomic E-state index is 13.1. The summed E-state index contributed by atoms with van der Waals surface area (Å²) in [5, 5.41) is 0.846. The summed E-state index contributed by atoms with van der Waals surface area (Å²) in [6.07, 6.45) is 0. The molecule has 0 atom stereocenters. The molecule has 3 heterocycles. The van der Waals surface area contributed by atoms with Crippen molar-refractivity contribution in [3.8, 4) is 17.4 Å². The number of aryl methyl sites for hydroxylation is 1. The Morgan fingerprint density at radius 2 is 1.76 bits per heavy atom. The van der Waals surface area contributed by atoms with E-state index < -0.39 is 0 Å². The monoisotopic (exact) mass is 444 g/mol. The van der Waals surface area contributed by atoms with E-state index >= 15 is 0 Å². The van der Waals surface area contributed by atoms with Crippen LogP contribution in [-0.2, 0) is 0 Å².